The van der Waals surface area contributed by atoms with Gasteiger partial charge < -0.3 is 10.1 Å². The fourth-order valence-electron chi connectivity index (χ4n) is 3.85. The van der Waals surface area contributed by atoms with Crippen molar-refractivity contribution in [3.63, 3.8) is 0 Å². The summed E-state index contributed by atoms with van der Waals surface area (Å²) < 4.78 is 43.0. The molecule has 31 heavy (non-hydrogen) atoms. The molecule has 1 amide bonds. The van der Waals surface area contributed by atoms with Gasteiger partial charge >= 0.3 is 12.1 Å². The topological polar surface area (TPSA) is 58.6 Å². The van der Waals surface area contributed by atoms with E-state index in [-0.39, 0.29) is 17.6 Å². The van der Waals surface area contributed by atoms with Crippen molar-refractivity contribution in [3.8, 4) is 0 Å². The van der Waals surface area contributed by atoms with Crippen LogP contribution in [0.4, 0.5) is 13.2 Å². The number of nitrogens with one attached hydrogen (secondary N) is 1. The highest BCUT2D eigenvalue weighted by atomic mass is 19.4. The zero-order valence-corrected chi connectivity index (χ0v) is 17.2. The second-order valence-electron chi connectivity index (χ2n) is 7.60. The molecule has 2 aromatic rings. The van der Waals surface area contributed by atoms with E-state index < -0.39 is 23.7 Å². The van der Waals surface area contributed by atoms with E-state index in [0.29, 0.717) is 19.5 Å². The Bertz CT molecular complexity index is 885. The summed E-state index contributed by atoms with van der Waals surface area (Å²) in [7, 11) is 1.33. The zero-order chi connectivity index (χ0) is 22.4. The van der Waals surface area contributed by atoms with Gasteiger partial charge in [-0.15, -0.1) is 0 Å². The molecule has 1 fully saturated rings. The number of aryl methyl sites for hydroxylation is 1. The lowest BCUT2D eigenvalue weighted by molar-refractivity contribution is -0.145. The molecule has 0 unspecified atom stereocenters. The molecule has 0 radical (unpaired) electrons. The van der Waals surface area contributed by atoms with Crippen LogP contribution in [0.2, 0.25) is 0 Å². The van der Waals surface area contributed by atoms with Crippen LogP contribution in [0.5, 0.6) is 0 Å². The molecule has 2 aromatic carbocycles. The normalized spacial score (nSPS) is 19.2. The predicted octanol–water partition coefficient (Wildman–Crippen LogP) is 3.68. The van der Waals surface area contributed by atoms with Gasteiger partial charge in [0.1, 0.15) is 6.04 Å². The number of likely N-dealkylation sites (tertiary alicyclic amines) is 1. The summed E-state index contributed by atoms with van der Waals surface area (Å²) >= 11 is 0. The van der Waals surface area contributed by atoms with Gasteiger partial charge in [0.25, 0.3) is 5.91 Å². The zero-order valence-electron chi connectivity index (χ0n) is 17.2. The molecule has 0 spiro atoms. The summed E-state index contributed by atoms with van der Waals surface area (Å²) in [5, 5.41) is 2.83. The van der Waals surface area contributed by atoms with Crippen molar-refractivity contribution < 1.29 is 27.5 Å². The molecule has 5 nitrogen and oxygen atoms in total. The molecule has 1 aliphatic rings. The molecule has 1 aliphatic heterocycles. The smallest absolute Gasteiger partial charge is 0.416 e. The van der Waals surface area contributed by atoms with Crippen LogP contribution in [0.3, 0.4) is 0 Å². The number of ether oxygens (including phenoxy) is 1. The Morgan fingerprint density at radius 3 is 2.39 bits per heavy atom. The lowest BCUT2D eigenvalue weighted by atomic mass is 10.1. The van der Waals surface area contributed by atoms with Crippen LogP contribution >= 0.6 is 0 Å². The monoisotopic (exact) mass is 434 g/mol. The van der Waals surface area contributed by atoms with Gasteiger partial charge in [-0.3, -0.25) is 14.5 Å². The maximum Gasteiger partial charge on any atom is 0.416 e. The molecule has 1 saturated heterocycles. The van der Waals surface area contributed by atoms with Crippen LogP contribution in [0.25, 0.3) is 0 Å². The van der Waals surface area contributed by atoms with Gasteiger partial charge in [-0.05, 0) is 55.6 Å². The van der Waals surface area contributed by atoms with Crippen molar-refractivity contribution >= 4 is 11.9 Å². The van der Waals surface area contributed by atoms with E-state index in [1.54, 1.807) is 0 Å². The summed E-state index contributed by atoms with van der Waals surface area (Å²) in [6.45, 7) is 1.14. The molecule has 0 aromatic heterocycles. The second kappa shape index (κ2) is 9.96. The highest BCUT2D eigenvalue weighted by molar-refractivity contribution is 5.94. The second-order valence-corrected chi connectivity index (χ2v) is 7.60. The predicted molar refractivity (Wildman–Crippen MR) is 109 cm³/mol. The standard InChI is InChI=1S/C23H25F3N2O3/c1-31-22(30)20-14-19(15-28(20)13-5-8-16-6-3-2-4-7-16)27-21(29)17-9-11-18(12-10-17)23(24,25)26/h2-4,6-7,9-12,19-20H,5,8,13-15H2,1H3,(H,27,29)/t19-,20+/m1/s1. The Morgan fingerprint density at radius 1 is 1.10 bits per heavy atom. The number of amides is 1. The fourth-order valence-corrected chi connectivity index (χ4v) is 3.85. The SMILES string of the molecule is COC(=O)[C@@H]1C[C@@H](NC(=O)c2ccc(C(F)(F)F)cc2)CN1CCCc1ccccc1. The minimum Gasteiger partial charge on any atom is -0.468 e. The quantitative estimate of drug-likeness (QED) is 0.676. The first-order valence-electron chi connectivity index (χ1n) is 10.1. The van der Waals surface area contributed by atoms with Gasteiger partial charge in [0.05, 0.1) is 12.7 Å². The van der Waals surface area contributed by atoms with Crippen LogP contribution in [-0.4, -0.2) is 49.1 Å². The maximum atomic E-state index is 12.7. The van der Waals surface area contributed by atoms with Crippen LogP contribution < -0.4 is 5.32 Å². The van der Waals surface area contributed by atoms with Gasteiger partial charge in [-0.25, -0.2) is 0 Å². The van der Waals surface area contributed by atoms with Gasteiger partial charge in [-0.1, -0.05) is 30.3 Å². The van der Waals surface area contributed by atoms with Crippen LogP contribution in [0.1, 0.15) is 34.3 Å². The lowest BCUT2D eigenvalue weighted by Gasteiger charge is -2.22. The maximum absolute atomic E-state index is 12.7. The summed E-state index contributed by atoms with van der Waals surface area (Å²) in [5.41, 5.74) is 0.550. The van der Waals surface area contributed by atoms with Gasteiger partial charge in [0, 0.05) is 18.2 Å². The van der Waals surface area contributed by atoms with E-state index in [1.807, 2.05) is 23.1 Å². The van der Waals surface area contributed by atoms with E-state index in [0.717, 1.165) is 37.1 Å². The Kier molecular flexibility index (Phi) is 7.33. The van der Waals surface area contributed by atoms with Crippen molar-refractivity contribution in [1.82, 2.24) is 10.2 Å². The molecular weight excluding hydrogens is 409 g/mol. The van der Waals surface area contributed by atoms with Crippen LogP contribution in [0.15, 0.2) is 54.6 Å². The number of methoxy groups -OCH3 is 1. The highest BCUT2D eigenvalue weighted by Gasteiger charge is 2.38. The Balaban J connectivity index is 1.58. The largest absolute Gasteiger partial charge is 0.468 e. The first-order chi connectivity index (χ1) is 14.8. The summed E-state index contributed by atoms with van der Waals surface area (Å²) in [5.74, 6) is -0.820. The molecule has 1 heterocycles. The van der Waals surface area contributed by atoms with E-state index >= 15 is 0 Å². The Labute approximate surface area is 179 Å². The van der Waals surface area contributed by atoms with E-state index in [9.17, 15) is 22.8 Å². The van der Waals surface area contributed by atoms with Crippen molar-refractivity contribution in [2.45, 2.75) is 37.5 Å². The number of carbonyl (C=O) groups is 2. The number of halogens is 3. The molecule has 0 saturated carbocycles. The molecule has 0 aliphatic carbocycles. The molecule has 0 bridgehead atoms. The minimum atomic E-state index is -4.45. The Morgan fingerprint density at radius 2 is 1.77 bits per heavy atom. The molecular formula is C23H25F3N2O3. The van der Waals surface area contributed by atoms with Crippen molar-refractivity contribution in [2.24, 2.45) is 0 Å². The number of hydrogen-bond acceptors (Lipinski definition) is 4. The van der Waals surface area contributed by atoms with E-state index in [1.165, 1.54) is 12.7 Å². The highest BCUT2D eigenvalue weighted by Crippen LogP contribution is 2.29. The van der Waals surface area contributed by atoms with Gasteiger partial charge in [0.2, 0.25) is 0 Å². The molecule has 2 atom stereocenters. The molecule has 1 N–H and O–H groups in total. The number of rotatable bonds is 7. The van der Waals surface area contributed by atoms with E-state index in [2.05, 4.69) is 17.4 Å². The minimum absolute atomic E-state index is 0.144. The molecule has 8 heteroatoms. The van der Waals surface area contributed by atoms with Crippen LogP contribution in [0, 0.1) is 0 Å². The third-order valence-corrected chi connectivity index (χ3v) is 5.44. The van der Waals surface area contributed by atoms with Gasteiger partial charge in [-0.2, -0.15) is 13.2 Å². The van der Waals surface area contributed by atoms with Crippen LogP contribution in [-0.2, 0) is 22.1 Å². The first kappa shape index (κ1) is 22.8. The number of esters is 1. The average molecular weight is 434 g/mol. The number of nitrogens with zero attached hydrogens (tertiary/aromatic N) is 1. The lowest BCUT2D eigenvalue weighted by Crippen LogP contribution is -2.38. The van der Waals surface area contributed by atoms with Crippen molar-refractivity contribution in [3.05, 3.63) is 71.3 Å². The summed E-state index contributed by atoms with van der Waals surface area (Å²) in [4.78, 5) is 26.7. The number of hydrogen-bond donors (Lipinski definition) is 1. The summed E-state index contributed by atoms with van der Waals surface area (Å²) in [6, 6.07) is 13.3. The number of carbonyl (C=O) groups excluding carboxylic acids is 2. The average Bonchev–Trinajstić information content (AvgIpc) is 3.16. The van der Waals surface area contributed by atoms with Crippen molar-refractivity contribution in [1.29, 1.82) is 0 Å². The third-order valence-electron chi connectivity index (χ3n) is 5.44. The molecule has 166 valence electrons. The fraction of sp³-hybridized carbons (Fsp3) is 0.391. The Hall–Kier alpha value is -2.87. The van der Waals surface area contributed by atoms with Gasteiger partial charge in [0.15, 0.2) is 0 Å². The molecule has 3 rings (SSSR count). The van der Waals surface area contributed by atoms with E-state index in [4.69, 9.17) is 4.74 Å². The van der Waals surface area contributed by atoms with Crippen molar-refractivity contribution in [2.75, 3.05) is 20.2 Å². The number of alkyl halides is 3. The summed E-state index contributed by atoms with van der Waals surface area (Å²) in [6.07, 6.45) is -2.34. The first-order valence-corrected chi connectivity index (χ1v) is 10.1. The number of benzene rings is 2. The third kappa shape index (κ3) is 6.07.